The van der Waals surface area contributed by atoms with Crippen molar-refractivity contribution in [3.05, 3.63) is 81.0 Å². The van der Waals surface area contributed by atoms with Gasteiger partial charge in [0.2, 0.25) is 5.95 Å². The summed E-state index contributed by atoms with van der Waals surface area (Å²) in [4.78, 5) is 30.2. The molecule has 2 aromatic heterocycles. The highest BCUT2D eigenvalue weighted by atomic mass is 16.5. The second-order valence-electron chi connectivity index (χ2n) is 8.07. The molecule has 0 saturated carbocycles. The molecular weight excluding hydrogens is 434 g/mol. The van der Waals surface area contributed by atoms with E-state index in [0.29, 0.717) is 36.7 Å². The van der Waals surface area contributed by atoms with Gasteiger partial charge in [-0.25, -0.2) is 9.80 Å². The Hall–Kier alpha value is -4.34. The third-order valence-electron chi connectivity index (χ3n) is 5.94. The van der Waals surface area contributed by atoms with Gasteiger partial charge in [-0.2, -0.15) is 10.1 Å². The summed E-state index contributed by atoms with van der Waals surface area (Å²) in [5, 5.41) is 10.0. The number of benzene rings is 2. The SMILES string of the molecule is COc1cccc(NCCN2N=C(c3ccccc3)Cn3c2nc2c3c(=O)n(C)c(=O)n2C)c1. The number of ether oxygens (including phenoxy) is 1. The van der Waals surface area contributed by atoms with Crippen LogP contribution in [0.1, 0.15) is 5.56 Å². The number of aromatic nitrogens is 4. The Labute approximate surface area is 195 Å². The number of hydrogen-bond acceptors (Lipinski definition) is 7. The van der Waals surface area contributed by atoms with E-state index in [1.807, 2.05) is 59.2 Å². The van der Waals surface area contributed by atoms with Crippen molar-refractivity contribution in [2.75, 3.05) is 30.5 Å². The minimum atomic E-state index is -0.414. The van der Waals surface area contributed by atoms with E-state index in [-0.39, 0.29) is 5.56 Å². The molecule has 34 heavy (non-hydrogen) atoms. The largest absolute Gasteiger partial charge is 0.497 e. The van der Waals surface area contributed by atoms with Gasteiger partial charge in [0.15, 0.2) is 11.2 Å². The van der Waals surface area contributed by atoms with Crippen molar-refractivity contribution in [3.63, 3.8) is 0 Å². The molecule has 0 saturated heterocycles. The van der Waals surface area contributed by atoms with Crippen molar-refractivity contribution in [3.8, 4) is 5.75 Å². The molecule has 2 aromatic carbocycles. The number of methoxy groups -OCH3 is 1. The lowest BCUT2D eigenvalue weighted by Crippen LogP contribution is -2.38. The number of nitrogens with zero attached hydrogens (tertiary/aromatic N) is 6. The highest BCUT2D eigenvalue weighted by Crippen LogP contribution is 2.25. The van der Waals surface area contributed by atoms with E-state index in [4.69, 9.17) is 9.84 Å². The molecule has 10 heteroatoms. The molecule has 174 valence electrons. The zero-order valence-corrected chi connectivity index (χ0v) is 19.2. The van der Waals surface area contributed by atoms with Crippen molar-refractivity contribution in [2.45, 2.75) is 6.54 Å². The summed E-state index contributed by atoms with van der Waals surface area (Å²) in [6.07, 6.45) is 0. The lowest BCUT2D eigenvalue weighted by Gasteiger charge is -2.26. The molecule has 0 unspecified atom stereocenters. The second-order valence-corrected chi connectivity index (χ2v) is 8.07. The molecule has 5 rings (SSSR count). The van der Waals surface area contributed by atoms with Crippen LogP contribution in [0.2, 0.25) is 0 Å². The van der Waals surface area contributed by atoms with Crippen molar-refractivity contribution in [1.82, 2.24) is 18.7 Å². The zero-order chi connectivity index (χ0) is 23.8. The second kappa shape index (κ2) is 8.54. The summed E-state index contributed by atoms with van der Waals surface area (Å²) in [6, 6.07) is 17.5. The van der Waals surface area contributed by atoms with E-state index >= 15 is 0 Å². The van der Waals surface area contributed by atoms with Gasteiger partial charge in [-0.05, 0) is 17.7 Å². The molecule has 1 aliphatic rings. The normalized spacial score (nSPS) is 13.0. The van der Waals surface area contributed by atoms with Crippen molar-refractivity contribution in [2.24, 2.45) is 19.2 Å². The Balaban J connectivity index is 1.55. The van der Waals surface area contributed by atoms with Gasteiger partial charge in [-0.1, -0.05) is 36.4 Å². The van der Waals surface area contributed by atoms with Crippen molar-refractivity contribution >= 4 is 28.5 Å². The molecule has 0 spiro atoms. The number of anilines is 2. The van der Waals surface area contributed by atoms with Crippen LogP contribution < -0.4 is 26.3 Å². The summed E-state index contributed by atoms with van der Waals surface area (Å²) >= 11 is 0. The highest BCUT2D eigenvalue weighted by Gasteiger charge is 2.27. The maximum Gasteiger partial charge on any atom is 0.332 e. The zero-order valence-electron chi connectivity index (χ0n) is 19.2. The highest BCUT2D eigenvalue weighted by molar-refractivity contribution is 6.02. The fourth-order valence-corrected chi connectivity index (χ4v) is 4.12. The number of aryl methyl sites for hydroxylation is 1. The number of imidazole rings is 1. The van der Waals surface area contributed by atoms with Gasteiger partial charge in [0.05, 0.1) is 25.9 Å². The molecule has 3 heterocycles. The van der Waals surface area contributed by atoms with E-state index in [1.54, 1.807) is 19.2 Å². The molecule has 4 aromatic rings. The van der Waals surface area contributed by atoms with Crippen molar-refractivity contribution < 1.29 is 4.74 Å². The van der Waals surface area contributed by atoms with Crippen LogP contribution in [-0.4, -0.2) is 44.6 Å². The van der Waals surface area contributed by atoms with Crippen LogP contribution in [0.25, 0.3) is 11.2 Å². The lowest BCUT2D eigenvalue weighted by molar-refractivity contribution is 0.415. The monoisotopic (exact) mass is 459 g/mol. The van der Waals surface area contributed by atoms with Gasteiger partial charge >= 0.3 is 5.69 Å². The number of hydrazone groups is 1. The Morgan fingerprint density at radius 1 is 1.03 bits per heavy atom. The molecule has 1 N–H and O–H groups in total. The molecule has 0 fully saturated rings. The fraction of sp³-hybridized carbons (Fsp3) is 0.250. The lowest BCUT2D eigenvalue weighted by atomic mass is 10.1. The van der Waals surface area contributed by atoms with Gasteiger partial charge in [0, 0.05) is 32.4 Å². The van der Waals surface area contributed by atoms with Crippen LogP contribution in [0.3, 0.4) is 0 Å². The topological polar surface area (TPSA) is 98.7 Å². The first-order valence-electron chi connectivity index (χ1n) is 10.9. The van der Waals surface area contributed by atoms with Gasteiger partial charge in [0.25, 0.3) is 5.56 Å². The molecule has 0 aliphatic carbocycles. The van der Waals surface area contributed by atoms with Crippen LogP contribution in [0.15, 0.2) is 69.3 Å². The third kappa shape index (κ3) is 3.62. The molecule has 1 aliphatic heterocycles. The van der Waals surface area contributed by atoms with E-state index < -0.39 is 5.69 Å². The summed E-state index contributed by atoms with van der Waals surface area (Å²) in [5.74, 6) is 1.30. The molecule has 0 amide bonds. The maximum atomic E-state index is 13.0. The first-order valence-corrected chi connectivity index (χ1v) is 10.9. The van der Waals surface area contributed by atoms with E-state index in [1.165, 1.54) is 11.6 Å². The summed E-state index contributed by atoms with van der Waals surface area (Å²) in [5.41, 5.74) is 2.64. The Kier molecular flexibility index (Phi) is 5.40. The standard InChI is InChI=1S/C24H25N7O3/c1-28-21-20(22(32)29(2)24(28)33)30-15-19(16-8-5-4-6-9-16)27-31(23(30)26-21)13-12-25-17-10-7-11-18(14-17)34-3/h4-11,14,25H,12-13,15H2,1-3H3. The Morgan fingerprint density at radius 2 is 1.82 bits per heavy atom. The fourth-order valence-electron chi connectivity index (χ4n) is 4.12. The molecule has 0 atom stereocenters. The van der Waals surface area contributed by atoms with E-state index in [9.17, 15) is 9.59 Å². The summed E-state index contributed by atoms with van der Waals surface area (Å²) < 4.78 is 9.65. The first-order chi connectivity index (χ1) is 16.5. The molecule has 0 bridgehead atoms. The Bertz CT molecular complexity index is 1520. The number of hydrogen-bond donors (Lipinski definition) is 1. The minimum Gasteiger partial charge on any atom is -0.497 e. The van der Waals surface area contributed by atoms with Gasteiger partial charge in [-0.3, -0.25) is 18.5 Å². The molecule has 0 radical (unpaired) electrons. The number of rotatable bonds is 6. The van der Waals surface area contributed by atoms with Gasteiger partial charge < -0.3 is 10.1 Å². The van der Waals surface area contributed by atoms with Crippen molar-refractivity contribution in [1.29, 1.82) is 0 Å². The maximum absolute atomic E-state index is 13.0. The molecule has 10 nitrogen and oxygen atoms in total. The van der Waals surface area contributed by atoms with Crippen LogP contribution in [-0.2, 0) is 20.6 Å². The Morgan fingerprint density at radius 3 is 2.59 bits per heavy atom. The van der Waals surface area contributed by atoms with Gasteiger partial charge in [0.1, 0.15) is 5.75 Å². The average molecular weight is 460 g/mol. The van der Waals surface area contributed by atoms with E-state index in [0.717, 1.165) is 27.3 Å². The smallest absolute Gasteiger partial charge is 0.332 e. The predicted octanol–water partition coefficient (Wildman–Crippen LogP) is 1.78. The van der Waals surface area contributed by atoms with Crippen LogP contribution in [0, 0.1) is 0 Å². The van der Waals surface area contributed by atoms with Crippen LogP contribution >= 0.6 is 0 Å². The van der Waals surface area contributed by atoms with Crippen LogP contribution in [0.5, 0.6) is 5.75 Å². The van der Waals surface area contributed by atoms with Crippen LogP contribution in [0.4, 0.5) is 11.6 Å². The summed E-state index contributed by atoms with van der Waals surface area (Å²) in [6.45, 7) is 1.44. The number of nitrogens with one attached hydrogen (secondary N) is 1. The average Bonchev–Trinajstić information content (AvgIpc) is 3.27. The third-order valence-corrected chi connectivity index (χ3v) is 5.94. The van der Waals surface area contributed by atoms with E-state index in [2.05, 4.69) is 10.3 Å². The van der Waals surface area contributed by atoms with Gasteiger partial charge in [-0.15, -0.1) is 0 Å². The predicted molar refractivity (Wildman–Crippen MR) is 132 cm³/mol. The first kappa shape index (κ1) is 21.5. The number of fused-ring (bicyclic) bond motifs is 3. The quantitative estimate of drug-likeness (QED) is 0.472. The minimum absolute atomic E-state index is 0.346. The summed E-state index contributed by atoms with van der Waals surface area (Å²) in [7, 11) is 4.74. The molecular formula is C24H25N7O3.